The summed E-state index contributed by atoms with van der Waals surface area (Å²) in [4.78, 5) is 0. The molecular weight excluding hydrogens is 108 g/mol. The molecular formula is C9H13. The summed E-state index contributed by atoms with van der Waals surface area (Å²) in [7, 11) is 0. The van der Waals surface area contributed by atoms with E-state index in [1.807, 2.05) is 0 Å². The number of rotatable bonds is 0. The summed E-state index contributed by atoms with van der Waals surface area (Å²) in [6.45, 7) is 4.39. The number of hydrogen-bond acceptors (Lipinski definition) is 0. The average molecular weight is 121 g/mol. The molecule has 0 amide bonds. The summed E-state index contributed by atoms with van der Waals surface area (Å²) in [5, 5.41) is 0. The first kappa shape index (κ1) is 6.60. The van der Waals surface area contributed by atoms with Crippen LogP contribution in [0.25, 0.3) is 0 Å². The standard InChI is InChI=1S/C9H13/c1-8-4-3-5-9(2)7-6-8/h4,6,9H,5,7H2,1-2H3. The summed E-state index contributed by atoms with van der Waals surface area (Å²) < 4.78 is 0. The quantitative estimate of drug-likeness (QED) is 0.462. The normalized spacial score (nSPS) is 27.3. The minimum absolute atomic E-state index is 0.790. The molecule has 9 heavy (non-hydrogen) atoms. The Balaban J connectivity index is 2.58. The highest BCUT2D eigenvalue weighted by Crippen LogP contribution is 2.14. The molecule has 0 bridgehead atoms. The van der Waals surface area contributed by atoms with Gasteiger partial charge >= 0.3 is 0 Å². The van der Waals surface area contributed by atoms with Crippen LogP contribution in [0.2, 0.25) is 0 Å². The lowest BCUT2D eigenvalue weighted by atomic mass is 10.1. The first-order valence-corrected chi connectivity index (χ1v) is 3.52. The molecule has 0 aromatic rings. The van der Waals surface area contributed by atoms with Crippen molar-refractivity contribution in [3.05, 3.63) is 23.8 Å². The molecule has 1 rings (SSSR count). The largest absolute Gasteiger partial charge is 0.0813 e. The fourth-order valence-electron chi connectivity index (χ4n) is 0.950. The van der Waals surface area contributed by atoms with E-state index in [9.17, 15) is 0 Å². The van der Waals surface area contributed by atoms with Crippen LogP contribution >= 0.6 is 0 Å². The molecule has 0 aromatic heterocycles. The lowest BCUT2D eigenvalue weighted by Gasteiger charge is -1.99. The highest BCUT2D eigenvalue weighted by atomic mass is 14.0. The highest BCUT2D eigenvalue weighted by molar-refractivity contribution is 5.15. The molecule has 0 N–H and O–H groups in total. The molecule has 0 heterocycles. The van der Waals surface area contributed by atoms with E-state index >= 15 is 0 Å². The second-order valence-corrected chi connectivity index (χ2v) is 2.84. The summed E-state index contributed by atoms with van der Waals surface area (Å²) in [5.41, 5.74) is 1.36. The summed E-state index contributed by atoms with van der Waals surface area (Å²) >= 11 is 0. The van der Waals surface area contributed by atoms with Crippen LogP contribution in [0.4, 0.5) is 0 Å². The van der Waals surface area contributed by atoms with Crippen molar-refractivity contribution in [2.75, 3.05) is 0 Å². The Hall–Kier alpha value is -0.520. The first-order chi connectivity index (χ1) is 4.29. The van der Waals surface area contributed by atoms with Crippen LogP contribution in [0.5, 0.6) is 0 Å². The molecule has 0 nitrogen and oxygen atoms in total. The lowest BCUT2D eigenvalue weighted by Crippen LogP contribution is -1.87. The van der Waals surface area contributed by atoms with Gasteiger partial charge < -0.3 is 0 Å². The van der Waals surface area contributed by atoms with Crippen molar-refractivity contribution in [2.45, 2.75) is 26.7 Å². The second-order valence-electron chi connectivity index (χ2n) is 2.84. The van der Waals surface area contributed by atoms with Crippen molar-refractivity contribution < 1.29 is 0 Å². The van der Waals surface area contributed by atoms with E-state index in [0.29, 0.717) is 0 Å². The molecule has 1 aliphatic carbocycles. The molecule has 0 aliphatic heterocycles. The van der Waals surface area contributed by atoms with Gasteiger partial charge in [0.15, 0.2) is 0 Å². The van der Waals surface area contributed by atoms with Crippen LogP contribution in [0.15, 0.2) is 17.7 Å². The van der Waals surface area contributed by atoms with E-state index in [0.717, 1.165) is 12.3 Å². The van der Waals surface area contributed by atoms with Gasteiger partial charge in [-0.15, -0.1) is 0 Å². The predicted octanol–water partition coefficient (Wildman–Crippen LogP) is 2.72. The average Bonchev–Trinajstić information content (AvgIpc) is 1.97. The molecule has 1 aliphatic rings. The van der Waals surface area contributed by atoms with Crippen LogP contribution in [0.3, 0.4) is 0 Å². The van der Waals surface area contributed by atoms with Crippen molar-refractivity contribution in [3.63, 3.8) is 0 Å². The monoisotopic (exact) mass is 121 g/mol. The third-order valence-corrected chi connectivity index (χ3v) is 1.64. The van der Waals surface area contributed by atoms with Crippen molar-refractivity contribution >= 4 is 0 Å². The fourth-order valence-corrected chi connectivity index (χ4v) is 0.950. The van der Waals surface area contributed by atoms with Gasteiger partial charge in [-0.2, -0.15) is 0 Å². The Bertz CT molecular complexity index is 140. The third-order valence-electron chi connectivity index (χ3n) is 1.64. The van der Waals surface area contributed by atoms with Gasteiger partial charge in [-0.25, -0.2) is 0 Å². The Morgan fingerprint density at radius 3 is 3.22 bits per heavy atom. The van der Waals surface area contributed by atoms with E-state index in [-0.39, 0.29) is 0 Å². The minimum Gasteiger partial charge on any atom is -0.0813 e. The molecule has 49 valence electrons. The Morgan fingerprint density at radius 1 is 1.67 bits per heavy atom. The molecule has 1 atom stereocenters. The maximum absolute atomic E-state index is 3.25. The van der Waals surface area contributed by atoms with Crippen molar-refractivity contribution in [1.29, 1.82) is 0 Å². The Kier molecular flexibility index (Phi) is 2.10. The Labute approximate surface area is 57.3 Å². The smallest absolute Gasteiger partial charge is 0.0247 e. The Morgan fingerprint density at radius 2 is 2.44 bits per heavy atom. The van der Waals surface area contributed by atoms with Gasteiger partial charge in [-0.3, -0.25) is 0 Å². The maximum atomic E-state index is 3.25. The first-order valence-electron chi connectivity index (χ1n) is 3.52. The maximum Gasteiger partial charge on any atom is -0.0247 e. The number of allylic oxidation sites excluding steroid dienone is 4. The topological polar surface area (TPSA) is 0 Å². The zero-order valence-corrected chi connectivity index (χ0v) is 6.15. The molecule has 1 unspecified atom stereocenters. The SMILES string of the molecule is CC1=CCC(C)C[C]=C1. The van der Waals surface area contributed by atoms with Crippen LogP contribution in [0, 0.1) is 12.0 Å². The zero-order valence-electron chi connectivity index (χ0n) is 6.15. The molecule has 0 saturated heterocycles. The van der Waals surface area contributed by atoms with Crippen molar-refractivity contribution in [2.24, 2.45) is 5.92 Å². The highest BCUT2D eigenvalue weighted by Gasteiger charge is 1.99. The van der Waals surface area contributed by atoms with E-state index in [2.05, 4.69) is 32.1 Å². The minimum atomic E-state index is 0.790. The van der Waals surface area contributed by atoms with E-state index in [1.165, 1.54) is 12.0 Å². The van der Waals surface area contributed by atoms with Gasteiger partial charge in [0.05, 0.1) is 0 Å². The molecule has 1 radical (unpaired) electrons. The van der Waals surface area contributed by atoms with Crippen LogP contribution in [0.1, 0.15) is 26.7 Å². The van der Waals surface area contributed by atoms with Crippen LogP contribution in [-0.2, 0) is 0 Å². The van der Waals surface area contributed by atoms with Gasteiger partial charge in [0.25, 0.3) is 0 Å². The van der Waals surface area contributed by atoms with Crippen LogP contribution in [-0.4, -0.2) is 0 Å². The van der Waals surface area contributed by atoms with E-state index < -0.39 is 0 Å². The van der Waals surface area contributed by atoms with E-state index in [1.54, 1.807) is 0 Å². The molecule has 0 aromatic carbocycles. The summed E-state index contributed by atoms with van der Waals surface area (Å²) in [6.07, 6.45) is 9.96. The van der Waals surface area contributed by atoms with Gasteiger partial charge in [0.1, 0.15) is 0 Å². The summed E-state index contributed by atoms with van der Waals surface area (Å²) in [5.74, 6) is 0.790. The fraction of sp³-hybridized carbons (Fsp3) is 0.556. The van der Waals surface area contributed by atoms with Crippen LogP contribution < -0.4 is 0 Å². The molecule has 0 spiro atoms. The van der Waals surface area contributed by atoms with Gasteiger partial charge in [-0.1, -0.05) is 24.6 Å². The zero-order chi connectivity index (χ0) is 6.69. The van der Waals surface area contributed by atoms with Crippen molar-refractivity contribution in [1.82, 2.24) is 0 Å². The van der Waals surface area contributed by atoms with Gasteiger partial charge in [0, 0.05) is 0 Å². The predicted molar refractivity (Wildman–Crippen MR) is 40.0 cm³/mol. The molecule has 0 heteroatoms. The lowest BCUT2D eigenvalue weighted by molar-refractivity contribution is 0.599. The third kappa shape index (κ3) is 2.05. The van der Waals surface area contributed by atoms with Crippen molar-refractivity contribution in [3.8, 4) is 0 Å². The summed E-state index contributed by atoms with van der Waals surface area (Å²) in [6, 6.07) is 0. The van der Waals surface area contributed by atoms with E-state index in [4.69, 9.17) is 0 Å². The number of hydrogen-bond donors (Lipinski definition) is 0. The molecule has 0 fully saturated rings. The van der Waals surface area contributed by atoms with Gasteiger partial charge in [0.2, 0.25) is 0 Å². The van der Waals surface area contributed by atoms with Gasteiger partial charge in [-0.05, 0) is 31.8 Å². The molecule has 0 saturated carbocycles. The second kappa shape index (κ2) is 2.86.